The van der Waals surface area contributed by atoms with Crippen molar-refractivity contribution in [2.24, 2.45) is 0 Å². The summed E-state index contributed by atoms with van der Waals surface area (Å²) in [4.78, 5) is 0. The van der Waals surface area contributed by atoms with Gasteiger partial charge >= 0.3 is 0 Å². The number of benzene rings is 2. The molecule has 2 aromatic rings. The van der Waals surface area contributed by atoms with Gasteiger partial charge in [-0.15, -0.1) is 0 Å². The Hall–Kier alpha value is -1.13. The van der Waals surface area contributed by atoms with Gasteiger partial charge in [0, 0.05) is 0 Å². The van der Waals surface area contributed by atoms with Gasteiger partial charge in [0.15, 0.2) is 0 Å². The van der Waals surface area contributed by atoms with Gasteiger partial charge in [-0.05, 0) is 0 Å². The summed E-state index contributed by atoms with van der Waals surface area (Å²) >= 11 is 0. The lowest BCUT2D eigenvalue weighted by Crippen LogP contribution is -2.75. The van der Waals surface area contributed by atoms with Crippen LogP contribution in [0, 0.1) is 0 Å². The van der Waals surface area contributed by atoms with E-state index in [1.807, 2.05) is 0 Å². The summed E-state index contributed by atoms with van der Waals surface area (Å²) in [5.74, 6) is 0. The van der Waals surface area contributed by atoms with Gasteiger partial charge in [0.1, 0.15) is 7.59 Å². The van der Waals surface area contributed by atoms with Crippen molar-refractivity contribution >= 4 is 25.6 Å². The van der Waals surface area contributed by atoms with Gasteiger partial charge in [-0.2, -0.15) is 0 Å². The molecule has 0 saturated heterocycles. The Labute approximate surface area is 138 Å². The SMILES string of the molecule is CC[Si](CC)(CC)[Si](CC)(c1ccccc1)c1ccccc1. The van der Waals surface area contributed by atoms with Gasteiger partial charge in [-0.25, -0.2) is 0 Å². The van der Waals surface area contributed by atoms with Gasteiger partial charge in [0.2, 0.25) is 0 Å². The molecule has 0 aliphatic heterocycles. The maximum absolute atomic E-state index is 2.46. The topological polar surface area (TPSA) is 0 Å². The fourth-order valence-corrected chi connectivity index (χ4v) is 25.0. The highest BCUT2D eigenvalue weighted by Gasteiger charge is 2.52. The minimum absolute atomic E-state index is 1.34. The lowest BCUT2D eigenvalue weighted by molar-refractivity contribution is 1.20. The summed E-state index contributed by atoms with van der Waals surface area (Å²) in [5.41, 5.74) is 0. The van der Waals surface area contributed by atoms with E-state index in [0.29, 0.717) is 0 Å². The highest BCUT2D eigenvalue weighted by atomic mass is 29.3. The van der Waals surface area contributed by atoms with E-state index in [4.69, 9.17) is 0 Å². The second kappa shape index (κ2) is 7.43. The molecule has 0 bridgehead atoms. The Morgan fingerprint density at radius 2 is 0.909 bits per heavy atom. The molecular formula is C20H30Si2. The Balaban J connectivity index is 2.78. The molecule has 0 unspecified atom stereocenters. The molecule has 22 heavy (non-hydrogen) atoms. The normalized spacial score (nSPS) is 12.4. The van der Waals surface area contributed by atoms with Gasteiger partial charge in [0.25, 0.3) is 0 Å². The molecule has 2 heteroatoms. The van der Waals surface area contributed by atoms with Crippen molar-refractivity contribution in [1.29, 1.82) is 0 Å². The predicted octanol–water partition coefficient (Wildman–Crippen LogP) is 4.86. The van der Waals surface area contributed by atoms with Crippen molar-refractivity contribution in [2.45, 2.75) is 51.9 Å². The molecule has 2 aromatic carbocycles. The van der Waals surface area contributed by atoms with Crippen LogP contribution in [0.3, 0.4) is 0 Å². The zero-order valence-corrected chi connectivity index (χ0v) is 16.6. The summed E-state index contributed by atoms with van der Waals surface area (Å²) in [5, 5.41) is 3.34. The van der Waals surface area contributed by atoms with E-state index in [9.17, 15) is 0 Å². The zero-order valence-electron chi connectivity index (χ0n) is 14.6. The second-order valence-corrected chi connectivity index (χ2v) is 20.4. The fourth-order valence-electron chi connectivity index (χ4n) is 4.66. The van der Waals surface area contributed by atoms with Crippen LogP contribution in [0.15, 0.2) is 60.7 Å². The van der Waals surface area contributed by atoms with Crippen molar-refractivity contribution in [3.05, 3.63) is 60.7 Å². The monoisotopic (exact) mass is 326 g/mol. The van der Waals surface area contributed by atoms with E-state index in [1.54, 1.807) is 10.4 Å². The van der Waals surface area contributed by atoms with Crippen LogP contribution >= 0.6 is 0 Å². The first kappa shape index (κ1) is 17.2. The van der Waals surface area contributed by atoms with Crippen LogP contribution in [0.1, 0.15) is 27.7 Å². The maximum atomic E-state index is 2.46. The van der Waals surface area contributed by atoms with Gasteiger partial charge < -0.3 is 0 Å². The summed E-state index contributed by atoms with van der Waals surface area (Å²) in [7, 11) is -3.00. The highest BCUT2D eigenvalue weighted by Crippen LogP contribution is 2.33. The average molecular weight is 327 g/mol. The number of hydrogen-bond donors (Lipinski definition) is 0. The molecule has 0 aliphatic rings. The third-order valence-electron chi connectivity index (χ3n) is 6.00. The van der Waals surface area contributed by atoms with Crippen molar-refractivity contribution in [2.75, 3.05) is 0 Å². The molecule has 0 spiro atoms. The molecule has 0 saturated carbocycles. The average Bonchev–Trinajstić information content (AvgIpc) is 2.61. The summed E-state index contributed by atoms with van der Waals surface area (Å²) < 4.78 is 0. The molecule has 2 rings (SSSR count). The summed E-state index contributed by atoms with van der Waals surface area (Å²) in [6, 6.07) is 28.6. The molecular weight excluding hydrogens is 296 g/mol. The lowest BCUT2D eigenvalue weighted by Gasteiger charge is -2.48. The largest absolute Gasteiger partial charge is 0.110 e. The van der Waals surface area contributed by atoms with Crippen molar-refractivity contribution in [1.82, 2.24) is 0 Å². The quantitative estimate of drug-likeness (QED) is 0.638. The molecule has 118 valence electrons. The zero-order chi connectivity index (χ0) is 16.1. The van der Waals surface area contributed by atoms with E-state index < -0.39 is 15.2 Å². The molecule has 0 radical (unpaired) electrons. The Bertz CT molecular complexity index is 511. The van der Waals surface area contributed by atoms with Crippen LogP contribution in [0.2, 0.25) is 24.2 Å². The summed E-state index contributed by atoms with van der Waals surface area (Å²) in [6.07, 6.45) is 0. The first-order valence-electron chi connectivity index (χ1n) is 8.81. The lowest BCUT2D eigenvalue weighted by atomic mass is 10.4. The van der Waals surface area contributed by atoms with E-state index in [1.165, 1.54) is 24.2 Å². The van der Waals surface area contributed by atoms with Gasteiger partial charge in [-0.1, -0.05) is 123 Å². The molecule has 0 fully saturated rings. The predicted molar refractivity (Wildman–Crippen MR) is 106 cm³/mol. The van der Waals surface area contributed by atoms with E-state index >= 15 is 0 Å². The van der Waals surface area contributed by atoms with Crippen molar-refractivity contribution in [3.8, 4) is 0 Å². The van der Waals surface area contributed by atoms with Gasteiger partial charge in [0.05, 0.1) is 7.59 Å². The minimum Gasteiger partial charge on any atom is -0.0679 e. The van der Waals surface area contributed by atoms with Crippen molar-refractivity contribution < 1.29 is 0 Å². The molecule has 0 heterocycles. The molecule has 0 aliphatic carbocycles. The van der Waals surface area contributed by atoms with Gasteiger partial charge in [-0.3, -0.25) is 0 Å². The van der Waals surface area contributed by atoms with Crippen LogP contribution in [0.25, 0.3) is 0 Å². The number of rotatable bonds is 7. The van der Waals surface area contributed by atoms with Crippen LogP contribution in [-0.4, -0.2) is 15.2 Å². The standard InChI is InChI=1S/C20H30Si2/c1-5-21(6-2,7-3)22(8-4,19-15-11-9-12-16-19)20-17-13-10-14-18-20/h9-18H,5-8H2,1-4H3. The van der Waals surface area contributed by atoms with Crippen molar-refractivity contribution in [3.63, 3.8) is 0 Å². The minimum atomic E-state index is -1.66. The Morgan fingerprint density at radius 3 is 1.18 bits per heavy atom. The smallest absolute Gasteiger partial charge is 0.0679 e. The Morgan fingerprint density at radius 1 is 0.545 bits per heavy atom. The third kappa shape index (κ3) is 2.63. The second-order valence-electron chi connectivity index (χ2n) is 6.33. The van der Waals surface area contributed by atoms with E-state index in [0.717, 1.165) is 0 Å². The maximum Gasteiger partial charge on any atom is 0.110 e. The molecule has 0 N–H and O–H groups in total. The van der Waals surface area contributed by atoms with E-state index in [2.05, 4.69) is 88.4 Å². The molecule has 0 amide bonds. The molecule has 0 aromatic heterocycles. The van der Waals surface area contributed by atoms with Crippen LogP contribution in [0.5, 0.6) is 0 Å². The third-order valence-corrected chi connectivity index (χ3v) is 27.0. The van der Waals surface area contributed by atoms with Crippen LogP contribution < -0.4 is 10.4 Å². The summed E-state index contributed by atoms with van der Waals surface area (Å²) in [6.45, 7) is 9.84. The van der Waals surface area contributed by atoms with Crippen LogP contribution in [-0.2, 0) is 0 Å². The van der Waals surface area contributed by atoms with Crippen LogP contribution in [0.4, 0.5) is 0 Å². The fraction of sp³-hybridized carbons (Fsp3) is 0.400. The Kier molecular flexibility index (Phi) is 5.82. The molecule has 0 nitrogen and oxygen atoms in total. The number of hydrogen-bond acceptors (Lipinski definition) is 0. The first-order chi connectivity index (χ1) is 10.7. The van der Waals surface area contributed by atoms with E-state index in [-0.39, 0.29) is 0 Å². The molecule has 0 atom stereocenters. The first-order valence-corrected chi connectivity index (χ1v) is 14.6. The highest BCUT2D eigenvalue weighted by molar-refractivity contribution is 7.51.